The monoisotopic (exact) mass is 278 g/mol. The van der Waals surface area contributed by atoms with Gasteiger partial charge in [-0.2, -0.15) is 0 Å². The van der Waals surface area contributed by atoms with Crippen molar-refractivity contribution in [1.29, 1.82) is 0 Å². The molecule has 1 heterocycles. The molecule has 0 fully saturated rings. The van der Waals surface area contributed by atoms with Crippen molar-refractivity contribution in [3.8, 4) is 17.6 Å². The number of benzene rings is 2. The van der Waals surface area contributed by atoms with Gasteiger partial charge in [-0.3, -0.25) is 0 Å². The van der Waals surface area contributed by atoms with Crippen LogP contribution < -0.4 is 4.74 Å². The maximum absolute atomic E-state index is 6.09. The van der Waals surface area contributed by atoms with Crippen LogP contribution >= 0.6 is 0 Å². The first-order valence-corrected chi connectivity index (χ1v) is 7.03. The average Bonchev–Trinajstić information content (AvgIpc) is 2.77. The first kappa shape index (κ1) is 13.7. The van der Waals surface area contributed by atoms with Crippen molar-refractivity contribution < 1.29 is 9.47 Å². The molecule has 0 aliphatic carbocycles. The lowest BCUT2D eigenvalue weighted by Crippen LogP contribution is -2.15. The van der Waals surface area contributed by atoms with Crippen LogP contribution in [0.3, 0.4) is 0 Å². The van der Waals surface area contributed by atoms with Crippen LogP contribution in [0.2, 0.25) is 0 Å². The normalized spacial score (nSPS) is 18.5. The fourth-order valence-corrected chi connectivity index (χ4v) is 2.65. The minimum absolute atomic E-state index is 0.178. The van der Waals surface area contributed by atoms with Gasteiger partial charge in [-0.25, -0.2) is 0 Å². The average molecular weight is 278 g/mol. The van der Waals surface area contributed by atoms with Gasteiger partial charge in [0.2, 0.25) is 0 Å². The molecule has 0 aromatic heterocycles. The minimum atomic E-state index is -0.287. The highest BCUT2D eigenvalue weighted by Gasteiger charge is 2.36. The van der Waals surface area contributed by atoms with Crippen LogP contribution in [0.15, 0.2) is 48.5 Å². The molecule has 1 unspecified atom stereocenters. The van der Waals surface area contributed by atoms with E-state index in [1.807, 2.05) is 36.4 Å². The summed E-state index contributed by atoms with van der Waals surface area (Å²) in [5.74, 6) is 7.23. The van der Waals surface area contributed by atoms with Crippen LogP contribution in [-0.2, 0) is 10.3 Å². The van der Waals surface area contributed by atoms with Crippen molar-refractivity contribution >= 4 is 0 Å². The topological polar surface area (TPSA) is 18.5 Å². The molecule has 0 spiro atoms. The molecule has 1 aliphatic rings. The highest BCUT2D eigenvalue weighted by atomic mass is 16.5. The first-order valence-electron chi connectivity index (χ1n) is 7.03. The van der Waals surface area contributed by atoms with Crippen LogP contribution in [0.5, 0.6) is 5.75 Å². The van der Waals surface area contributed by atoms with Crippen molar-refractivity contribution in [1.82, 2.24) is 0 Å². The molecule has 0 saturated carbocycles. The van der Waals surface area contributed by atoms with E-state index >= 15 is 0 Å². The van der Waals surface area contributed by atoms with E-state index in [-0.39, 0.29) is 11.7 Å². The molecule has 1 aliphatic heterocycles. The minimum Gasteiger partial charge on any atom is -0.497 e. The summed E-state index contributed by atoms with van der Waals surface area (Å²) in [4.78, 5) is 0. The molecule has 0 saturated heterocycles. The van der Waals surface area contributed by atoms with Crippen molar-refractivity contribution in [2.24, 2.45) is 0 Å². The second-order valence-corrected chi connectivity index (χ2v) is 5.60. The quantitative estimate of drug-likeness (QED) is 0.733. The standard InChI is InChI=1S/C19H18O2/c1-19(2)17-10-5-4-9-16(17)18(21-19)12-11-14-7-6-8-15(13-14)20-3/h4-10,13,18H,1-3H3. The number of rotatable bonds is 1. The Kier molecular flexibility index (Phi) is 3.45. The van der Waals surface area contributed by atoms with E-state index in [0.29, 0.717) is 0 Å². The summed E-state index contributed by atoms with van der Waals surface area (Å²) >= 11 is 0. The Morgan fingerprint density at radius 2 is 1.90 bits per heavy atom. The third-order valence-electron chi connectivity index (χ3n) is 3.72. The van der Waals surface area contributed by atoms with Crippen LogP contribution in [0, 0.1) is 11.8 Å². The van der Waals surface area contributed by atoms with E-state index in [9.17, 15) is 0 Å². The zero-order valence-corrected chi connectivity index (χ0v) is 12.5. The number of hydrogen-bond acceptors (Lipinski definition) is 2. The maximum Gasteiger partial charge on any atom is 0.145 e. The Hall–Kier alpha value is -2.24. The first-order chi connectivity index (χ1) is 10.1. The predicted molar refractivity (Wildman–Crippen MR) is 83.2 cm³/mol. The molecule has 0 bridgehead atoms. The summed E-state index contributed by atoms with van der Waals surface area (Å²) < 4.78 is 11.3. The van der Waals surface area contributed by atoms with Gasteiger partial charge in [0.1, 0.15) is 11.9 Å². The number of methoxy groups -OCH3 is 1. The summed E-state index contributed by atoms with van der Waals surface area (Å²) in [5, 5.41) is 0. The van der Waals surface area contributed by atoms with Gasteiger partial charge in [0.15, 0.2) is 0 Å². The van der Waals surface area contributed by atoms with Crippen LogP contribution in [-0.4, -0.2) is 7.11 Å². The summed E-state index contributed by atoms with van der Waals surface area (Å²) in [7, 11) is 1.66. The highest BCUT2D eigenvalue weighted by molar-refractivity contribution is 5.45. The molecular weight excluding hydrogens is 260 g/mol. The Balaban J connectivity index is 1.92. The maximum atomic E-state index is 6.09. The molecule has 21 heavy (non-hydrogen) atoms. The van der Waals surface area contributed by atoms with Crippen molar-refractivity contribution in [3.63, 3.8) is 0 Å². The summed E-state index contributed by atoms with van der Waals surface area (Å²) in [6.07, 6.45) is -0.178. The van der Waals surface area contributed by atoms with Crippen LogP contribution in [0.25, 0.3) is 0 Å². The lowest BCUT2D eigenvalue weighted by atomic mass is 9.95. The third-order valence-corrected chi connectivity index (χ3v) is 3.72. The molecule has 2 aromatic rings. The predicted octanol–water partition coefficient (Wildman–Crippen LogP) is 4.05. The van der Waals surface area contributed by atoms with Gasteiger partial charge in [0, 0.05) is 5.56 Å². The third kappa shape index (κ3) is 2.66. The summed E-state index contributed by atoms with van der Waals surface area (Å²) in [6, 6.07) is 16.0. The van der Waals surface area contributed by atoms with E-state index < -0.39 is 0 Å². The second kappa shape index (κ2) is 5.27. The molecule has 2 nitrogen and oxygen atoms in total. The van der Waals surface area contributed by atoms with E-state index in [0.717, 1.165) is 16.9 Å². The zero-order chi connectivity index (χ0) is 14.9. The Bertz CT molecular complexity index is 720. The van der Waals surface area contributed by atoms with Crippen LogP contribution in [0.4, 0.5) is 0 Å². The number of ether oxygens (including phenoxy) is 2. The van der Waals surface area contributed by atoms with E-state index in [1.165, 1.54) is 5.56 Å². The molecule has 106 valence electrons. The lowest BCUT2D eigenvalue weighted by molar-refractivity contribution is -0.0267. The van der Waals surface area contributed by atoms with Crippen molar-refractivity contribution in [2.75, 3.05) is 7.11 Å². The summed E-state index contributed by atoms with van der Waals surface area (Å²) in [6.45, 7) is 4.16. The molecule has 0 N–H and O–H groups in total. The van der Waals surface area contributed by atoms with Crippen molar-refractivity contribution in [2.45, 2.75) is 25.6 Å². The SMILES string of the molecule is COc1cccc(C#CC2OC(C)(C)c3ccccc32)c1. The van der Waals surface area contributed by atoms with Gasteiger partial charge < -0.3 is 9.47 Å². The fourth-order valence-electron chi connectivity index (χ4n) is 2.65. The van der Waals surface area contributed by atoms with Gasteiger partial charge in [0.25, 0.3) is 0 Å². The van der Waals surface area contributed by atoms with E-state index in [1.54, 1.807) is 7.11 Å². The Morgan fingerprint density at radius 3 is 2.71 bits per heavy atom. The second-order valence-electron chi connectivity index (χ2n) is 5.60. The fraction of sp³-hybridized carbons (Fsp3) is 0.263. The van der Waals surface area contributed by atoms with Gasteiger partial charge in [-0.05, 0) is 43.2 Å². The molecule has 1 atom stereocenters. The molecule has 0 radical (unpaired) electrons. The van der Waals surface area contributed by atoms with Gasteiger partial charge >= 0.3 is 0 Å². The van der Waals surface area contributed by atoms with Gasteiger partial charge in [-0.1, -0.05) is 42.2 Å². The zero-order valence-electron chi connectivity index (χ0n) is 12.5. The summed E-state index contributed by atoms with van der Waals surface area (Å²) in [5.41, 5.74) is 3.03. The van der Waals surface area contributed by atoms with Gasteiger partial charge in [-0.15, -0.1) is 0 Å². The molecular formula is C19H18O2. The van der Waals surface area contributed by atoms with Crippen LogP contribution in [0.1, 0.15) is 36.6 Å². The molecule has 2 aromatic carbocycles. The molecule has 3 rings (SSSR count). The number of hydrogen-bond donors (Lipinski definition) is 0. The molecule has 0 amide bonds. The van der Waals surface area contributed by atoms with E-state index in [2.05, 4.69) is 37.8 Å². The highest BCUT2D eigenvalue weighted by Crippen LogP contribution is 2.42. The Morgan fingerprint density at radius 1 is 1.10 bits per heavy atom. The van der Waals surface area contributed by atoms with Crippen molar-refractivity contribution in [3.05, 3.63) is 65.2 Å². The smallest absolute Gasteiger partial charge is 0.145 e. The Labute approximate surface area is 125 Å². The molecule has 2 heteroatoms. The largest absolute Gasteiger partial charge is 0.497 e. The lowest BCUT2D eigenvalue weighted by Gasteiger charge is -2.18. The van der Waals surface area contributed by atoms with Gasteiger partial charge in [0.05, 0.1) is 12.7 Å². The van der Waals surface area contributed by atoms with E-state index in [4.69, 9.17) is 9.47 Å². The number of fused-ring (bicyclic) bond motifs is 1.